The minimum Gasteiger partial charge on any atom is -0.335 e. The van der Waals surface area contributed by atoms with Crippen LogP contribution in [-0.2, 0) is 0 Å². The molecule has 1 amide bonds. The van der Waals surface area contributed by atoms with Gasteiger partial charge in [-0.1, -0.05) is 42.5 Å². The third kappa shape index (κ3) is 3.31. The Morgan fingerprint density at radius 2 is 1.74 bits per heavy atom. The summed E-state index contributed by atoms with van der Waals surface area (Å²) in [4.78, 5) is 18.7. The van der Waals surface area contributed by atoms with E-state index in [9.17, 15) is 4.79 Å². The van der Waals surface area contributed by atoms with Crippen LogP contribution in [0.4, 0.5) is 0 Å². The first-order chi connectivity index (χ1) is 13.1. The van der Waals surface area contributed by atoms with Crippen LogP contribution < -0.4 is 0 Å². The predicted molar refractivity (Wildman–Crippen MR) is 106 cm³/mol. The van der Waals surface area contributed by atoms with E-state index in [2.05, 4.69) is 10.1 Å². The minimum absolute atomic E-state index is 0.00797. The molecule has 134 valence electrons. The highest BCUT2D eigenvalue weighted by molar-refractivity contribution is 5.98. The number of hydrogen-bond donors (Lipinski definition) is 0. The fraction of sp³-hybridized carbons (Fsp3) is 0.136. The topological polar surface area (TPSA) is 51.0 Å². The average molecular weight is 356 g/mol. The molecule has 0 bridgehead atoms. The summed E-state index contributed by atoms with van der Waals surface area (Å²) in [6.07, 6.45) is 3.17. The third-order valence-corrected chi connectivity index (χ3v) is 4.96. The quantitative estimate of drug-likeness (QED) is 0.549. The van der Waals surface area contributed by atoms with Gasteiger partial charge in [-0.3, -0.25) is 4.79 Å². The maximum atomic E-state index is 13.0. The Balaban J connectivity index is 1.55. The Kier molecular flexibility index (Phi) is 4.42. The van der Waals surface area contributed by atoms with Crippen LogP contribution in [0.25, 0.3) is 16.5 Å². The van der Waals surface area contributed by atoms with Crippen molar-refractivity contribution in [3.8, 4) is 5.69 Å². The van der Waals surface area contributed by atoms with Gasteiger partial charge < -0.3 is 4.90 Å². The van der Waals surface area contributed by atoms with Crippen molar-refractivity contribution in [3.05, 3.63) is 90.5 Å². The number of aromatic nitrogens is 3. The van der Waals surface area contributed by atoms with Gasteiger partial charge in [0.1, 0.15) is 12.7 Å². The van der Waals surface area contributed by atoms with Crippen LogP contribution in [0.1, 0.15) is 28.9 Å². The molecule has 4 aromatic rings. The zero-order valence-electron chi connectivity index (χ0n) is 15.3. The van der Waals surface area contributed by atoms with Crippen molar-refractivity contribution < 1.29 is 4.79 Å². The van der Waals surface area contributed by atoms with Crippen molar-refractivity contribution >= 4 is 16.7 Å². The molecule has 0 spiro atoms. The van der Waals surface area contributed by atoms with Crippen molar-refractivity contribution in [1.82, 2.24) is 19.7 Å². The fourth-order valence-corrected chi connectivity index (χ4v) is 3.17. The fourth-order valence-electron chi connectivity index (χ4n) is 3.17. The van der Waals surface area contributed by atoms with Crippen LogP contribution in [0.3, 0.4) is 0 Å². The molecule has 1 aromatic heterocycles. The van der Waals surface area contributed by atoms with Gasteiger partial charge in [-0.25, -0.2) is 9.67 Å². The Bertz CT molecular complexity index is 1070. The number of carbonyl (C=O) groups excluding carboxylic acids is 1. The summed E-state index contributed by atoms with van der Waals surface area (Å²) >= 11 is 0. The molecule has 1 atom stereocenters. The summed E-state index contributed by atoms with van der Waals surface area (Å²) in [7, 11) is 1.84. The number of fused-ring (bicyclic) bond motifs is 1. The first-order valence-electron chi connectivity index (χ1n) is 8.84. The van der Waals surface area contributed by atoms with Crippen LogP contribution in [-0.4, -0.2) is 32.6 Å². The molecule has 3 aromatic carbocycles. The van der Waals surface area contributed by atoms with E-state index in [0.29, 0.717) is 5.56 Å². The Morgan fingerprint density at radius 3 is 2.44 bits per heavy atom. The number of nitrogens with zero attached hydrogens (tertiary/aromatic N) is 4. The van der Waals surface area contributed by atoms with Gasteiger partial charge in [0.15, 0.2) is 0 Å². The lowest BCUT2D eigenvalue weighted by molar-refractivity contribution is 0.0743. The predicted octanol–water partition coefficient (Wildman–Crippen LogP) is 4.25. The summed E-state index contributed by atoms with van der Waals surface area (Å²) in [5.74, 6) is 0.00797. The molecule has 5 nitrogen and oxygen atoms in total. The second-order valence-corrected chi connectivity index (χ2v) is 6.59. The van der Waals surface area contributed by atoms with Crippen LogP contribution in [0.2, 0.25) is 0 Å². The van der Waals surface area contributed by atoms with Crippen molar-refractivity contribution in [3.63, 3.8) is 0 Å². The van der Waals surface area contributed by atoms with E-state index < -0.39 is 0 Å². The van der Waals surface area contributed by atoms with E-state index in [0.717, 1.165) is 22.0 Å². The highest BCUT2D eigenvalue weighted by Crippen LogP contribution is 2.23. The standard InChI is InChI=1S/C22H20N4O/c1-16(17-9-11-21(12-10-17)26-15-23-14-24-26)25(2)22(27)20-8-7-18-5-3-4-6-19(18)13-20/h3-16H,1-2H3/t16-/m0/s1. The number of carbonyl (C=O) groups is 1. The molecular weight excluding hydrogens is 336 g/mol. The van der Waals surface area contributed by atoms with Gasteiger partial charge in [0, 0.05) is 12.6 Å². The Hall–Kier alpha value is -3.47. The maximum Gasteiger partial charge on any atom is 0.254 e. The summed E-state index contributed by atoms with van der Waals surface area (Å²) in [6, 6.07) is 21.9. The molecule has 0 saturated carbocycles. The van der Waals surface area contributed by atoms with Gasteiger partial charge in [0.05, 0.1) is 11.7 Å². The van der Waals surface area contributed by atoms with Crippen LogP contribution >= 0.6 is 0 Å². The molecule has 0 aliphatic heterocycles. The largest absolute Gasteiger partial charge is 0.335 e. The number of amides is 1. The average Bonchev–Trinajstić information content (AvgIpc) is 3.27. The Labute approximate surface area is 157 Å². The van der Waals surface area contributed by atoms with E-state index in [4.69, 9.17) is 0 Å². The molecule has 0 aliphatic carbocycles. The lowest BCUT2D eigenvalue weighted by atomic mass is 10.0. The van der Waals surface area contributed by atoms with Crippen molar-refractivity contribution in [2.75, 3.05) is 7.05 Å². The first-order valence-corrected chi connectivity index (χ1v) is 8.84. The van der Waals surface area contributed by atoms with E-state index in [1.54, 1.807) is 15.9 Å². The molecule has 4 rings (SSSR count). The number of hydrogen-bond acceptors (Lipinski definition) is 3. The summed E-state index contributed by atoms with van der Waals surface area (Å²) in [5, 5.41) is 6.33. The lowest BCUT2D eigenvalue weighted by Gasteiger charge is -2.25. The molecule has 0 unspecified atom stereocenters. The molecule has 0 fully saturated rings. The smallest absolute Gasteiger partial charge is 0.254 e. The molecule has 0 aliphatic rings. The zero-order valence-corrected chi connectivity index (χ0v) is 15.3. The summed E-state index contributed by atoms with van der Waals surface area (Å²) in [5.41, 5.74) is 2.70. The zero-order chi connectivity index (χ0) is 18.8. The van der Waals surface area contributed by atoms with E-state index in [1.807, 2.05) is 80.7 Å². The third-order valence-electron chi connectivity index (χ3n) is 4.96. The van der Waals surface area contributed by atoms with Gasteiger partial charge in [0.25, 0.3) is 5.91 Å². The van der Waals surface area contributed by atoms with E-state index >= 15 is 0 Å². The number of benzene rings is 3. The molecule has 0 radical (unpaired) electrons. The van der Waals surface area contributed by atoms with Crippen molar-refractivity contribution in [2.45, 2.75) is 13.0 Å². The second-order valence-electron chi connectivity index (χ2n) is 6.59. The molecule has 0 saturated heterocycles. The normalized spacial score (nSPS) is 12.1. The van der Waals surface area contributed by atoms with Crippen LogP contribution in [0.5, 0.6) is 0 Å². The first kappa shape index (κ1) is 17.0. The lowest BCUT2D eigenvalue weighted by Crippen LogP contribution is -2.29. The maximum absolute atomic E-state index is 13.0. The Morgan fingerprint density at radius 1 is 1.00 bits per heavy atom. The molecule has 5 heteroatoms. The van der Waals surface area contributed by atoms with Gasteiger partial charge >= 0.3 is 0 Å². The highest BCUT2D eigenvalue weighted by Gasteiger charge is 2.19. The molecular formula is C22H20N4O. The molecule has 27 heavy (non-hydrogen) atoms. The summed E-state index contributed by atoms with van der Waals surface area (Å²) in [6.45, 7) is 2.03. The summed E-state index contributed by atoms with van der Waals surface area (Å²) < 4.78 is 1.71. The highest BCUT2D eigenvalue weighted by atomic mass is 16.2. The van der Waals surface area contributed by atoms with Gasteiger partial charge in [-0.05, 0) is 47.5 Å². The van der Waals surface area contributed by atoms with Gasteiger partial charge in [-0.2, -0.15) is 5.10 Å². The van der Waals surface area contributed by atoms with Crippen molar-refractivity contribution in [2.24, 2.45) is 0 Å². The SMILES string of the molecule is C[C@@H](c1ccc(-n2cncn2)cc1)N(C)C(=O)c1ccc2ccccc2c1. The van der Waals surface area contributed by atoms with Crippen LogP contribution in [0.15, 0.2) is 79.4 Å². The minimum atomic E-state index is -0.0474. The second kappa shape index (κ2) is 7.03. The molecule has 0 N–H and O–H groups in total. The van der Waals surface area contributed by atoms with E-state index in [-0.39, 0.29) is 11.9 Å². The van der Waals surface area contributed by atoms with E-state index in [1.165, 1.54) is 6.33 Å². The monoisotopic (exact) mass is 356 g/mol. The van der Waals surface area contributed by atoms with Crippen LogP contribution in [0, 0.1) is 0 Å². The van der Waals surface area contributed by atoms with Gasteiger partial charge in [-0.15, -0.1) is 0 Å². The molecule has 1 heterocycles. The van der Waals surface area contributed by atoms with Crippen molar-refractivity contribution in [1.29, 1.82) is 0 Å². The van der Waals surface area contributed by atoms with Gasteiger partial charge in [0.2, 0.25) is 0 Å². The number of rotatable bonds is 4.